The number of carbonyl (C=O) groups is 1. The first-order valence-electron chi connectivity index (χ1n) is 9.58. The third kappa shape index (κ3) is 4.43. The maximum absolute atomic E-state index is 12.6. The minimum absolute atomic E-state index is 0.138. The molecular weight excluding hydrogens is 396 g/mol. The number of hydrogen-bond acceptors (Lipinski definition) is 7. The largest absolute Gasteiger partial charge is 0.497 e. The van der Waals surface area contributed by atoms with Gasteiger partial charge in [0.1, 0.15) is 5.75 Å². The van der Waals surface area contributed by atoms with Gasteiger partial charge in [0.05, 0.1) is 19.4 Å². The fraction of sp³-hybridized carbons (Fsp3) is 0.526. The SMILES string of the molecule is COc1cccc(C(=O)N2CC(N(CCc3noc(C4CC4)n3)S(C)(=O)=O)C2)c1. The Morgan fingerprint density at radius 2 is 2.10 bits per heavy atom. The summed E-state index contributed by atoms with van der Waals surface area (Å²) in [6.45, 7) is 0.958. The number of rotatable bonds is 8. The van der Waals surface area contributed by atoms with Gasteiger partial charge in [0.15, 0.2) is 5.82 Å². The highest BCUT2D eigenvalue weighted by Gasteiger charge is 2.39. The fourth-order valence-electron chi connectivity index (χ4n) is 3.44. The predicted molar refractivity (Wildman–Crippen MR) is 104 cm³/mol. The average Bonchev–Trinajstić information content (AvgIpc) is 3.40. The van der Waals surface area contributed by atoms with E-state index in [1.54, 1.807) is 36.3 Å². The molecule has 2 fully saturated rings. The number of likely N-dealkylation sites (tertiary alicyclic amines) is 1. The minimum Gasteiger partial charge on any atom is -0.497 e. The molecule has 10 heteroatoms. The lowest BCUT2D eigenvalue weighted by Gasteiger charge is -2.44. The first-order chi connectivity index (χ1) is 13.8. The minimum atomic E-state index is -3.43. The molecule has 1 aromatic carbocycles. The van der Waals surface area contributed by atoms with Crippen LogP contribution in [-0.4, -0.2) is 72.7 Å². The van der Waals surface area contributed by atoms with Crippen LogP contribution in [-0.2, 0) is 16.4 Å². The van der Waals surface area contributed by atoms with E-state index in [9.17, 15) is 13.2 Å². The summed E-state index contributed by atoms with van der Waals surface area (Å²) in [6.07, 6.45) is 3.70. The molecule has 1 aliphatic heterocycles. The molecule has 0 atom stereocenters. The van der Waals surface area contributed by atoms with Crippen LogP contribution >= 0.6 is 0 Å². The normalized spacial score (nSPS) is 17.4. The van der Waals surface area contributed by atoms with Crippen LogP contribution in [0.5, 0.6) is 5.75 Å². The van der Waals surface area contributed by atoms with E-state index in [1.807, 2.05) is 0 Å². The summed E-state index contributed by atoms with van der Waals surface area (Å²) in [5.41, 5.74) is 0.521. The molecule has 2 aliphatic rings. The highest BCUT2D eigenvalue weighted by molar-refractivity contribution is 7.88. The summed E-state index contributed by atoms with van der Waals surface area (Å²) >= 11 is 0. The van der Waals surface area contributed by atoms with E-state index in [-0.39, 0.29) is 18.5 Å². The van der Waals surface area contributed by atoms with Crippen LogP contribution in [0.1, 0.15) is 40.8 Å². The molecule has 0 unspecified atom stereocenters. The Hall–Kier alpha value is -2.46. The second-order valence-electron chi connectivity index (χ2n) is 7.54. The predicted octanol–water partition coefficient (Wildman–Crippen LogP) is 1.28. The van der Waals surface area contributed by atoms with E-state index in [0.717, 1.165) is 12.8 Å². The second kappa shape index (κ2) is 7.75. The van der Waals surface area contributed by atoms with E-state index in [0.29, 0.717) is 48.5 Å². The Kier molecular flexibility index (Phi) is 5.30. The molecule has 1 saturated carbocycles. The van der Waals surface area contributed by atoms with Gasteiger partial charge in [-0.3, -0.25) is 4.79 Å². The van der Waals surface area contributed by atoms with Crippen LogP contribution in [0, 0.1) is 0 Å². The van der Waals surface area contributed by atoms with Crippen molar-refractivity contribution >= 4 is 15.9 Å². The third-order valence-corrected chi connectivity index (χ3v) is 6.60. The lowest BCUT2D eigenvalue weighted by molar-refractivity contribution is 0.0454. The molecule has 0 bridgehead atoms. The van der Waals surface area contributed by atoms with Gasteiger partial charge in [0.25, 0.3) is 5.91 Å². The zero-order valence-corrected chi connectivity index (χ0v) is 17.3. The Morgan fingerprint density at radius 3 is 2.76 bits per heavy atom. The maximum atomic E-state index is 12.6. The van der Waals surface area contributed by atoms with Gasteiger partial charge in [-0.05, 0) is 31.0 Å². The summed E-state index contributed by atoms with van der Waals surface area (Å²) in [4.78, 5) is 18.6. The first kappa shape index (κ1) is 19.8. The van der Waals surface area contributed by atoms with Crippen molar-refractivity contribution in [1.29, 1.82) is 0 Å². The number of aromatic nitrogens is 2. The zero-order valence-electron chi connectivity index (χ0n) is 16.4. The molecule has 2 heterocycles. The van der Waals surface area contributed by atoms with Crippen LogP contribution in [0.25, 0.3) is 0 Å². The van der Waals surface area contributed by atoms with Crippen molar-refractivity contribution in [2.24, 2.45) is 0 Å². The second-order valence-corrected chi connectivity index (χ2v) is 9.48. The van der Waals surface area contributed by atoms with Gasteiger partial charge < -0.3 is 14.2 Å². The van der Waals surface area contributed by atoms with Crippen LogP contribution < -0.4 is 4.74 Å². The highest BCUT2D eigenvalue weighted by atomic mass is 32.2. The molecule has 1 aromatic heterocycles. The van der Waals surface area contributed by atoms with Gasteiger partial charge in [0, 0.05) is 37.5 Å². The zero-order chi connectivity index (χ0) is 20.6. The molecule has 2 aromatic rings. The quantitative estimate of drug-likeness (QED) is 0.633. The van der Waals surface area contributed by atoms with Gasteiger partial charge in [-0.2, -0.15) is 9.29 Å². The molecule has 0 spiro atoms. The molecular formula is C19H24N4O5S. The lowest BCUT2D eigenvalue weighted by Crippen LogP contribution is -2.62. The molecule has 1 saturated heterocycles. The molecule has 0 N–H and O–H groups in total. The van der Waals surface area contributed by atoms with E-state index in [2.05, 4.69) is 10.1 Å². The van der Waals surface area contributed by atoms with E-state index in [4.69, 9.17) is 9.26 Å². The van der Waals surface area contributed by atoms with Crippen molar-refractivity contribution in [2.75, 3.05) is 33.0 Å². The summed E-state index contributed by atoms with van der Waals surface area (Å²) in [5, 5.41) is 3.95. The third-order valence-electron chi connectivity index (χ3n) is 5.27. The fourth-order valence-corrected chi connectivity index (χ4v) is 4.53. The van der Waals surface area contributed by atoms with Crippen LogP contribution in [0.3, 0.4) is 0 Å². The van der Waals surface area contributed by atoms with Crippen molar-refractivity contribution in [3.63, 3.8) is 0 Å². The highest BCUT2D eigenvalue weighted by Crippen LogP contribution is 2.38. The summed E-state index contributed by atoms with van der Waals surface area (Å²) in [5.74, 6) is 2.00. The summed E-state index contributed by atoms with van der Waals surface area (Å²) in [6, 6.07) is 6.67. The topological polar surface area (TPSA) is 106 Å². The average molecular weight is 420 g/mol. The van der Waals surface area contributed by atoms with Crippen molar-refractivity contribution in [3.8, 4) is 5.75 Å². The summed E-state index contributed by atoms with van der Waals surface area (Å²) in [7, 11) is -1.88. The monoisotopic (exact) mass is 420 g/mol. The molecule has 0 radical (unpaired) electrons. The number of methoxy groups -OCH3 is 1. The van der Waals surface area contributed by atoms with E-state index < -0.39 is 10.0 Å². The number of hydrogen-bond donors (Lipinski definition) is 0. The number of carbonyl (C=O) groups excluding carboxylic acids is 1. The molecule has 29 heavy (non-hydrogen) atoms. The Balaban J connectivity index is 1.36. The molecule has 156 valence electrons. The Labute approximate surface area is 169 Å². The summed E-state index contributed by atoms with van der Waals surface area (Å²) < 4.78 is 36.4. The van der Waals surface area contributed by atoms with Crippen molar-refractivity contribution in [3.05, 3.63) is 41.5 Å². The van der Waals surface area contributed by atoms with Gasteiger partial charge in [0.2, 0.25) is 15.9 Å². The first-order valence-corrected chi connectivity index (χ1v) is 11.4. The van der Waals surface area contributed by atoms with Crippen LogP contribution in [0.15, 0.2) is 28.8 Å². The van der Waals surface area contributed by atoms with Gasteiger partial charge in [-0.1, -0.05) is 11.2 Å². The van der Waals surface area contributed by atoms with Gasteiger partial charge in [-0.15, -0.1) is 0 Å². The van der Waals surface area contributed by atoms with Gasteiger partial charge >= 0.3 is 0 Å². The lowest BCUT2D eigenvalue weighted by atomic mass is 10.1. The van der Waals surface area contributed by atoms with Crippen molar-refractivity contribution in [2.45, 2.75) is 31.2 Å². The molecule has 1 aliphatic carbocycles. The number of amides is 1. The Morgan fingerprint density at radius 1 is 1.34 bits per heavy atom. The van der Waals surface area contributed by atoms with Crippen LogP contribution in [0.2, 0.25) is 0 Å². The maximum Gasteiger partial charge on any atom is 0.254 e. The number of sulfonamides is 1. The molecule has 4 rings (SSSR count). The van der Waals surface area contributed by atoms with Crippen molar-refractivity contribution in [1.82, 2.24) is 19.3 Å². The molecule has 1 amide bonds. The molecule has 9 nitrogen and oxygen atoms in total. The Bertz CT molecular complexity index is 996. The smallest absolute Gasteiger partial charge is 0.254 e. The standard InChI is InChI=1S/C19H24N4O5S/c1-27-16-5-3-4-14(10-16)19(24)22-11-15(12-22)23(29(2,25)26)9-8-17-20-18(28-21-17)13-6-7-13/h3-5,10,13,15H,6-9,11-12H2,1-2H3. The van der Waals surface area contributed by atoms with Gasteiger partial charge in [-0.25, -0.2) is 8.42 Å². The number of nitrogens with zero attached hydrogens (tertiary/aromatic N) is 4. The van der Waals surface area contributed by atoms with E-state index in [1.165, 1.54) is 10.6 Å². The number of ether oxygens (including phenoxy) is 1. The van der Waals surface area contributed by atoms with Crippen molar-refractivity contribution < 1.29 is 22.5 Å². The number of benzene rings is 1. The van der Waals surface area contributed by atoms with Crippen LogP contribution in [0.4, 0.5) is 0 Å². The van der Waals surface area contributed by atoms with E-state index >= 15 is 0 Å².